The van der Waals surface area contributed by atoms with Gasteiger partial charge in [0.1, 0.15) is 0 Å². The van der Waals surface area contributed by atoms with Crippen LogP contribution in [0.4, 0.5) is 0 Å². The number of allylic oxidation sites excluding steroid dienone is 4. The Hall–Kier alpha value is -0.520. The second kappa shape index (κ2) is 7.74. The number of fused-ring (bicyclic) bond motifs is 10. The van der Waals surface area contributed by atoms with Crippen LogP contribution in [0.15, 0.2) is 24.3 Å². The molecule has 0 aromatic rings. The fraction of sp³-hybridized carbons (Fsp3) is 0.765. The average Bonchev–Trinajstić information content (AvgIpc) is 2.29. The molecule has 1 fully saturated rings. The Morgan fingerprint density at radius 1 is 0.529 bits per heavy atom. The van der Waals surface area contributed by atoms with Crippen LogP contribution in [-0.4, -0.2) is 0 Å². The van der Waals surface area contributed by atoms with Crippen LogP contribution in [0.3, 0.4) is 0 Å². The first kappa shape index (κ1) is 12.9. The van der Waals surface area contributed by atoms with E-state index in [0.29, 0.717) is 0 Å². The van der Waals surface area contributed by atoms with E-state index in [9.17, 15) is 0 Å². The fourth-order valence-electron chi connectivity index (χ4n) is 3.27. The van der Waals surface area contributed by atoms with E-state index in [1.807, 2.05) is 0 Å². The van der Waals surface area contributed by atoms with Gasteiger partial charge in [-0.3, -0.25) is 0 Å². The van der Waals surface area contributed by atoms with Gasteiger partial charge in [-0.15, -0.1) is 0 Å². The molecule has 0 spiro atoms. The molecule has 3 aliphatic carbocycles. The molecule has 0 atom stereocenters. The zero-order valence-corrected chi connectivity index (χ0v) is 11.2. The van der Waals surface area contributed by atoms with Crippen molar-refractivity contribution >= 4 is 0 Å². The highest BCUT2D eigenvalue weighted by atomic mass is 14.2. The zero-order valence-electron chi connectivity index (χ0n) is 11.2. The summed E-state index contributed by atoms with van der Waals surface area (Å²) >= 11 is 0. The highest BCUT2D eigenvalue weighted by Gasteiger charge is 2.10. The third-order valence-corrected chi connectivity index (χ3v) is 4.39. The molecule has 0 unspecified atom stereocenters. The van der Waals surface area contributed by atoms with E-state index in [-0.39, 0.29) is 0 Å². The minimum Gasteiger partial charge on any atom is -0.0851 e. The van der Waals surface area contributed by atoms with E-state index in [0.717, 1.165) is 18.3 Å². The summed E-state index contributed by atoms with van der Waals surface area (Å²) in [5, 5.41) is 0. The largest absolute Gasteiger partial charge is 0.0851 e. The number of hydrogen-bond donors (Lipinski definition) is 0. The molecular formula is C17H28. The first-order chi connectivity index (χ1) is 8.45. The van der Waals surface area contributed by atoms with Crippen LogP contribution < -0.4 is 0 Å². The molecule has 17 heavy (non-hydrogen) atoms. The Morgan fingerprint density at radius 3 is 1.35 bits per heavy atom. The lowest BCUT2D eigenvalue weighted by atomic mass is 9.88. The van der Waals surface area contributed by atoms with Crippen LogP contribution in [0.1, 0.15) is 70.6 Å². The fourth-order valence-corrected chi connectivity index (χ4v) is 3.27. The maximum atomic E-state index is 2.50. The standard InChI is InChI=1S/C17H28/c1-4-10-16-12-6-2-7-13-17(11-5-1)15-9-3-8-14-16/h4-5,10-11,16-17H,1-3,6-9,12-15H2/b10-4-,11-5+. The zero-order chi connectivity index (χ0) is 11.8. The van der Waals surface area contributed by atoms with Gasteiger partial charge in [-0.1, -0.05) is 62.8 Å². The van der Waals surface area contributed by atoms with E-state index in [2.05, 4.69) is 24.3 Å². The van der Waals surface area contributed by atoms with Crippen molar-refractivity contribution in [2.45, 2.75) is 70.6 Å². The molecule has 0 nitrogen and oxygen atoms in total. The predicted molar refractivity (Wildman–Crippen MR) is 76.0 cm³/mol. The van der Waals surface area contributed by atoms with Gasteiger partial charge in [0.15, 0.2) is 0 Å². The van der Waals surface area contributed by atoms with Crippen molar-refractivity contribution in [2.75, 3.05) is 0 Å². The molecule has 96 valence electrons. The second-order valence-corrected chi connectivity index (χ2v) is 5.89. The highest BCUT2D eigenvalue weighted by molar-refractivity contribution is 4.98. The molecule has 0 amide bonds. The summed E-state index contributed by atoms with van der Waals surface area (Å²) in [7, 11) is 0. The van der Waals surface area contributed by atoms with Gasteiger partial charge in [-0.25, -0.2) is 0 Å². The molecule has 0 N–H and O–H groups in total. The lowest BCUT2D eigenvalue weighted by molar-refractivity contribution is 0.418. The Kier molecular flexibility index (Phi) is 5.88. The van der Waals surface area contributed by atoms with Crippen LogP contribution in [0.25, 0.3) is 0 Å². The van der Waals surface area contributed by atoms with E-state index < -0.39 is 0 Å². The smallest absolute Gasteiger partial charge is 0.0169 e. The van der Waals surface area contributed by atoms with Crippen LogP contribution >= 0.6 is 0 Å². The maximum Gasteiger partial charge on any atom is -0.0169 e. The van der Waals surface area contributed by atoms with E-state index in [1.54, 1.807) is 0 Å². The summed E-state index contributed by atoms with van der Waals surface area (Å²) in [5.41, 5.74) is 0. The molecule has 0 aromatic heterocycles. The van der Waals surface area contributed by atoms with Gasteiger partial charge in [0, 0.05) is 0 Å². The van der Waals surface area contributed by atoms with Crippen molar-refractivity contribution in [3.05, 3.63) is 24.3 Å². The van der Waals surface area contributed by atoms with E-state index in [1.165, 1.54) is 64.2 Å². The van der Waals surface area contributed by atoms with Gasteiger partial charge in [0.2, 0.25) is 0 Å². The van der Waals surface area contributed by atoms with Crippen LogP contribution in [0.2, 0.25) is 0 Å². The summed E-state index contributed by atoms with van der Waals surface area (Å²) in [6.07, 6.45) is 25.4. The monoisotopic (exact) mass is 232 g/mol. The lowest BCUT2D eigenvalue weighted by Crippen LogP contribution is -2.02. The van der Waals surface area contributed by atoms with Gasteiger partial charge in [-0.05, 0) is 43.9 Å². The van der Waals surface area contributed by atoms with E-state index >= 15 is 0 Å². The van der Waals surface area contributed by atoms with Crippen molar-refractivity contribution in [1.29, 1.82) is 0 Å². The topological polar surface area (TPSA) is 0 Å². The Labute approximate surface area is 107 Å². The Bertz CT molecular complexity index is 211. The van der Waals surface area contributed by atoms with Gasteiger partial charge in [-0.2, -0.15) is 0 Å². The molecule has 0 radical (unpaired) electrons. The first-order valence-corrected chi connectivity index (χ1v) is 7.78. The Morgan fingerprint density at radius 2 is 0.941 bits per heavy atom. The second-order valence-electron chi connectivity index (χ2n) is 5.89. The molecule has 0 heterocycles. The predicted octanol–water partition coefficient (Wildman–Crippen LogP) is 5.65. The van der Waals surface area contributed by atoms with Crippen molar-refractivity contribution in [1.82, 2.24) is 0 Å². The quantitative estimate of drug-likeness (QED) is 0.473. The summed E-state index contributed by atoms with van der Waals surface area (Å²) in [6, 6.07) is 0. The van der Waals surface area contributed by atoms with Gasteiger partial charge in [0.05, 0.1) is 0 Å². The van der Waals surface area contributed by atoms with E-state index in [4.69, 9.17) is 0 Å². The normalized spacial score (nSPS) is 35.8. The lowest BCUT2D eigenvalue weighted by Gasteiger charge is -2.18. The molecule has 0 aliphatic heterocycles. The van der Waals surface area contributed by atoms with Crippen molar-refractivity contribution in [3.8, 4) is 0 Å². The summed E-state index contributed by atoms with van der Waals surface area (Å²) < 4.78 is 0. The SMILES string of the molecule is C1=C\C2CCCCCC(/C=C/C/1)CCCCC2. The number of rotatable bonds is 0. The summed E-state index contributed by atoms with van der Waals surface area (Å²) in [4.78, 5) is 0. The molecular weight excluding hydrogens is 204 g/mol. The minimum atomic E-state index is 0.873. The van der Waals surface area contributed by atoms with Crippen molar-refractivity contribution in [3.63, 3.8) is 0 Å². The van der Waals surface area contributed by atoms with Crippen LogP contribution in [0.5, 0.6) is 0 Å². The summed E-state index contributed by atoms with van der Waals surface area (Å²) in [6.45, 7) is 0. The summed E-state index contributed by atoms with van der Waals surface area (Å²) in [5.74, 6) is 1.75. The molecule has 0 aromatic carbocycles. The third-order valence-electron chi connectivity index (χ3n) is 4.39. The molecule has 3 rings (SSSR count). The molecule has 0 heteroatoms. The van der Waals surface area contributed by atoms with Gasteiger partial charge in [0.25, 0.3) is 0 Å². The maximum absolute atomic E-state index is 2.50. The molecule has 3 aliphatic rings. The van der Waals surface area contributed by atoms with Crippen molar-refractivity contribution < 1.29 is 0 Å². The molecule has 0 saturated heterocycles. The molecule has 1 saturated carbocycles. The minimum absolute atomic E-state index is 0.873. The average molecular weight is 232 g/mol. The van der Waals surface area contributed by atoms with Crippen molar-refractivity contribution in [2.24, 2.45) is 11.8 Å². The number of hydrogen-bond acceptors (Lipinski definition) is 0. The van der Waals surface area contributed by atoms with Gasteiger partial charge < -0.3 is 0 Å². The first-order valence-electron chi connectivity index (χ1n) is 7.78. The Balaban J connectivity index is 2.03. The van der Waals surface area contributed by atoms with Crippen LogP contribution in [-0.2, 0) is 0 Å². The molecule has 2 bridgehead atoms. The third kappa shape index (κ3) is 5.10. The van der Waals surface area contributed by atoms with Gasteiger partial charge >= 0.3 is 0 Å². The van der Waals surface area contributed by atoms with Crippen LogP contribution in [0, 0.1) is 11.8 Å². The highest BCUT2D eigenvalue weighted by Crippen LogP contribution is 2.25.